The van der Waals surface area contributed by atoms with Gasteiger partial charge in [0.05, 0.1) is 15.6 Å². The van der Waals surface area contributed by atoms with Gasteiger partial charge in [-0.15, -0.1) is 0 Å². The third-order valence-electron chi connectivity index (χ3n) is 1.52. The highest BCUT2D eigenvalue weighted by Gasteiger charge is 2.18. The molecule has 1 rings (SSSR count). The fraction of sp³-hybridized carbons (Fsp3) is 0.125. The van der Waals surface area contributed by atoms with Crippen molar-refractivity contribution in [3.63, 3.8) is 0 Å². The minimum absolute atomic E-state index is 0.0104. The topological polar surface area (TPSA) is 53.8 Å². The molecule has 0 radical (unpaired) electrons. The highest BCUT2D eigenvalue weighted by molar-refractivity contribution is 9.10. The molecule has 0 bridgehead atoms. The summed E-state index contributed by atoms with van der Waals surface area (Å²) in [5.74, 6) is 0. The summed E-state index contributed by atoms with van der Waals surface area (Å²) in [6, 6.07) is 1.66. The Labute approximate surface area is 86.5 Å². The largest absolute Gasteiger partial charge is 0.298 e. The van der Waals surface area contributed by atoms with Gasteiger partial charge in [0.25, 0.3) is 6.43 Å². The molecule has 3 nitrogen and oxygen atoms in total. The quantitative estimate of drug-likeness (QED) is 0.768. The van der Waals surface area contributed by atoms with Crippen LogP contribution in [0.25, 0.3) is 0 Å². The van der Waals surface area contributed by atoms with E-state index in [0.717, 1.165) is 6.20 Å². The van der Waals surface area contributed by atoms with E-state index in [-0.39, 0.29) is 15.6 Å². The summed E-state index contributed by atoms with van der Waals surface area (Å²) < 4.78 is 24.5. The number of rotatable bonds is 2. The van der Waals surface area contributed by atoms with Gasteiger partial charge in [0, 0.05) is 6.20 Å². The van der Waals surface area contributed by atoms with Gasteiger partial charge in [-0.05, 0) is 15.9 Å². The Hall–Kier alpha value is -1.35. The molecule has 0 N–H and O–H groups in total. The first-order chi connectivity index (χ1) is 6.61. The van der Waals surface area contributed by atoms with Crippen LogP contribution in [-0.2, 0) is 0 Å². The van der Waals surface area contributed by atoms with Crippen LogP contribution in [0.4, 0.5) is 8.78 Å². The molecule has 6 heteroatoms. The van der Waals surface area contributed by atoms with Gasteiger partial charge in [-0.25, -0.2) is 8.78 Å². The van der Waals surface area contributed by atoms with E-state index in [9.17, 15) is 13.6 Å². The molecule has 0 saturated carbocycles. The predicted octanol–water partition coefficient (Wildman–Crippen LogP) is 2.47. The Kier molecular flexibility index (Phi) is 3.25. The zero-order valence-electron chi connectivity index (χ0n) is 6.67. The van der Waals surface area contributed by atoms with Crippen LogP contribution in [0.5, 0.6) is 0 Å². The minimum Gasteiger partial charge on any atom is -0.298 e. The summed E-state index contributed by atoms with van der Waals surface area (Å²) in [5.41, 5.74) is -0.666. The lowest BCUT2D eigenvalue weighted by atomic mass is 10.1. The maximum atomic E-state index is 12.3. The Morgan fingerprint density at radius 1 is 1.64 bits per heavy atom. The number of carbonyl (C=O) groups excluding carboxylic acids is 1. The number of hydrogen-bond donors (Lipinski definition) is 0. The highest BCUT2D eigenvalue weighted by Crippen LogP contribution is 2.29. The van der Waals surface area contributed by atoms with Gasteiger partial charge >= 0.3 is 0 Å². The van der Waals surface area contributed by atoms with Crippen LogP contribution in [0.2, 0.25) is 0 Å². The fourth-order valence-electron chi connectivity index (χ4n) is 0.870. The van der Waals surface area contributed by atoms with E-state index in [1.807, 2.05) is 0 Å². The van der Waals surface area contributed by atoms with E-state index >= 15 is 0 Å². The minimum atomic E-state index is -2.78. The number of alkyl halides is 2. The summed E-state index contributed by atoms with van der Waals surface area (Å²) in [6.07, 6.45) is -1.43. The van der Waals surface area contributed by atoms with Gasteiger partial charge in [-0.3, -0.25) is 9.78 Å². The molecule has 1 aromatic rings. The molecule has 0 atom stereocenters. The van der Waals surface area contributed by atoms with E-state index in [0.29, 0.717) is 6.29 Å². The first-order valence-electron chi connectivity index (χ1n) is 3.43. The number of nitrogens with zero attached hydrogens (tertiary/aromatic N) is 2. The van der Waals surface area contributed by atoms with Crippen LogP contribution in [0.1, 0.15) is 28.0 Å². The van der Waals surface area contributed by atoms with Crippen molar-refractivity contribution in [2.45, 2.75) is 6.43 Å². The monoisotopic (exact) mass is 260 g/mol. The van der Waals surface area contributed by atoms with E-state index in [1.54, 1.807) is 6.07 Å². The zero-order chi connectivity index (χ0) is 10.7. The molecule has 0 aliphatic heterocycles. The Bertz CT molecular complexity index is 415. The third kappa shape index (κ3) is 1.77. The van der Waals surface area contributed by atoms with Crippen molar-refractivity contribution in [1.29, 1.82) is 5.26 Å². The van der Waals surface area contributed by atoms with Crippen LogP contribution >= 0.6 is 15.9 Å². The van der Waals surface area contributed by atoms with Gasteiger partial charge in [0.15, 0.2) is 6.29 Å². The molecule has 1 aromatic heterocycles. The van der Waals surface area contributed by atoms with E-state index < -0.39 is 12.1 Å². The van der Waals surface area contributed by atoms with E-state index in [4.69, 9.17) is 5.26 Å². The molecule has 0 spiro atoms. The Morgan fingerprint density at radius 2 is 2.29 bits per heavy atom. The summed E-state index contributed by atoms with van der Waals surface area (Å²) >= 11 is 2.81. The lowest BCUT2D eigenvalue weighted by Gasteiger charge is -2.04. The van der Waals surface area contributed by atoms with Crippen molar-refractivity contribution in [3.05, 3.63) is 27.5 Å². The average molecular weight is 261 g/mol. The second-order valence-corrected chi connectivity index (χ2v) is 3.11. The molecule has 0 aliphatic rings. The van der Waals surface area contributed by atoms with Crippen molar-refractivity contribution < 1.29 is 13.6 Å². The maximum absolute atomic E-state index is 12.3. The molecule has 0 fully saturated rings. The number of carbonyl (C=O) groups is 1. The number of halogens is 3. The molecule has 0 amide bonds. The summed E-state index contributed by atoms with van der Waals surface area (Å²) in [7, 11) is 0. The summed E-state index contributed by atoms with van der Waals surface area (Å²) in [4.78, 5) is 13.8. The SMILES string of the molecule is N#Cc1c(C=O)cnc(C(F)F)c1Br. The van der Waals surface area contributed by atoms with Crippen LogP contribution in [-0.4, -0.2) is 11.3 Å². The number of pyridine rings is 1. The van der Waals surface area contributed by atoms with Crippen molar-refractivity contribution in [1.82, 2.24) is 4.98 Å². The molecule has 0 saturated heterocycles. The van der Waals surface area contributed by atoms with Gasteiger partial charge in [-0.1, -0.05) is 0 Å². The van der Waals surface area contributed by atoms with Crippen molar-refractivity contribution >= 4 is 22.2 Å². The molecule has 72 valence electrons. The van der Waals surface area contributed by atoms with Gasteiger partial charge in [0.1, 0.15) is 11.8 Å². The second-order valence-electron chi connectivity index (χ2n) is 2.32. The molecular weight excluding hydrogens is 258 g/mol. The lowest BCUT2D eigenvalue weighted by Crippen LogP contribution is -1.98. The highest BCUT2D eigenvalue weighted by atomic mass is 79.9. The molecule has 0 aromatic carbocycles. The molecule has 0 aliphatic carbocycles. The number of nitriles is 1. The van der Waals surface area contributed by atoms with Crippen LogP contribution in [0, 0.1) is 11.3 Å². The van der Waals surface area contributed by atoms with E-state index in [2.05, 4.69) is 20.9 Å². The van der Waals surface area contributed by atoms with Gasteiger partial charge < -0.3 is 0 Å². The van der Waals surface area contributed by atoms with Crippen LogP contribution in [0.3, 0.4) is 0 Å². The number of aromatic nitrogens is 1. The van der Waals surface area contributed by atoms with Crippen LogP contribution in [0.15, 0.2) is 10.7 Å². The fourth-order valence-corrected chi connectivity index (χ4v) is 1.46. The third-order valence-corrected chi connectivity index (χ3v) is 2.32. The number of aldehydes is 1. The summed E-state index contributed by atoms with van der Waals surface area (Å²) in [6.45, 7) is 0. The maximum Gasteiger partial charge on any atom is 0.281 e. The molecule has 14 heavy (non-hydrogen) atoms. The van der Waals surface area contributed by atoms with Crippen molar-refractivity contribution in [2.75, 3.05) is 0 Å². The van der Waals surface area contributed by atoms with Crippen LogP contribution < -0.4 is 0 Å². The molecule has 1 heterocycles. The lowest BCUT2D eigenvalue weighted by molar-refractivity contribution is 0.112. The van der Waals surface area contributed by atoms with Crippen molar-refractivity contribution in [3.8, 4) is 6.07 Å². The normalized spacial score (nSPS) is 9.93. The standard InChI is InChI=1S/C8H3BrF2N2O/c9-6-5(1-12)4(3-14)2-13-7(6)8(10)11/h2-3,8H. The predicted molar refractivity (Wildman–Crippen MR) is 47.0 cm³/mol. The van der Waals surface area contributed by atoms with E-state index in [1.165, 1.54) is 0 Å². The zero-order valence-corrected chi connectivity index (χ0v) is 8.25. The molecule has 0 unspecified atom stereocenters. The first kappa shape index (κ1) is 10.7. The Balaban J connectivity index is 3.44. The summed E-state index contributed by atoms with van der Waals surface area (Å²) in [5, 5.41) is 8.63. The number of hydrogen-bond acceptors (Lipinski definition) is 3. The van der Waals surface area contributed by atoms with Gasteiger partial charge in [0.2, 0.25) is 0 Å². The van der Waals surface area contributed by atoms with Crippen molar-refractivity contribution in [2.24, 2.45) is 0 Å². The van der Waals surface area contributed by atoms with Gasteiger partial charge in [-0.2, -0.15) is 5.26 Å². The second kappa shape index (κ2) is 4.24. The smallest absolute Gasteiger partial charge is 0.281 e. The molecular formula is C8H3BrF2N2O. The Morgan fingerprint density at radius 3 is 2.71 bits per heavy atom. The average Bonchev–Trinajstić information content (AvgIpc) is 2.16. The first-order valence-corrected chi connectivity index (χ1v) is 4.23.